The molecular weight excluding hydrogens is 305 g/mol. The van der Waals surface area contributed by atoms with Crippen LogP contribution < -0.4 is 10.6 Å². The second-order valence-electron chi connectivity index (χ2n) is 6.52. The van der Waals surface area contributed by atoms with Gasteiger partial charge in [0, 0.05) is 31.9 Å². The fourth-order valence-corrected chi connectivity index (χ4v) is 4.09. The van der Waals surface area contributed by atoms with Crippen LogP contribution in [0.1, 0.15) is 24.0 Å². The minimum atomic E-state index is 0. The Hall–Kier alpha value is -0.480. The molecule has 3 nitrogen and oxygen atoms in total. The van der Waals surface area contributed by atoms with E-state index in [4.69, 9.17) is 0 Å². The van der Waals surface area contributed by atoms with E-state index in [0.29, 0.717) is 5.41 Å². The third-order valence-corrected chi connectivity index (χ3v) is 5.18. The number of anilines is 1. The van der Waals surface area contributed by atoms with Gasteiger partial charge in [-0.3, -0.25) is 4.90 Å². The van der Waals surface area contributed by atoms with Crippen molar-refractivity contribution >= 4 is 30.5 Å². The predicted octanol–water partition coefficient (Wildman–Crippen LogP) is 2.68. The molecule has 0 amide bonds. The van der Waals surface area contributed by atoms with Crippen molar-refractivity contribution in [3.05, 3.63) is 29.3 Å². The predicted molar refractivity (Wildman–Crippen MR) is 92.9 cm³/mol. The van der Waals surface area contributed by atoms with Crippen LogP contribution in [0.3, 0.4) is 0 Å². The molecule has 0 aromatic heterocycles. The highest BCUT2D eigenvalue weighted by atomic mass is 35.5. The van der Waals surface area contributed by atoms with E-state index in [1.165, 1.54) is 62.3 Å². The highest BCUT2D eigenvalue weighted by Crippen LogP contribution is 2.37. The molecule has 3 heterocycles. The van der Waals surface area contributed by atoms with Crippen molar-refractivity contribution in [3.8, 4) is 0 Å². The number of halogens is 2. The second kappa shape index (κ2) is 6.74. The summed E-state index contributed by atoms with van der Waals surface area (Å²) in [7, 11) is 0. The number of hydrogen-bond donors (Lipinski definition) is 2. The van der Waals surface area contributed by atoms with Gasteiger partial charge in [0.1, 0.15) is 0 Å². The van der Waals surface area contributed by atoms with Crippen molar-refractivity contribution < 1.29 is 0 Å². The molecule has 1 aromatic rings. The topological polar surface area (TPSA) is 27.3 Å². The van der Waals surface area contributed by atoms with E-state index in [1.54, 1.807) is 0 Å². The quantitative estimate of drug-likeness (QED) is 0.873. The van der Waals surface area contributed by atoms with Crippen LogP contribution in [0, 0.1) is 5.41 Å². The Bertz CT molecular complexity index is 486. The molecule has 3 aliphatic rings. The minimum Gasteiger partial charge on any atom is -0.384 e. The first-order valence-corrected chi connectivity index (χ1v) is 7.62. The van der Waals surface area contributed by atoms with Gasteiger partial charge in [0.25, 0.3) is 0 Å². The Morgan fingerprint density at radius 2 is 2.05 bits per heavy atom. The average Bonchev–Trinajstić information content (AvgIpc) is 3.13. The van der Waals surface area contributed by atoms with Crippen molar-refractivity contribution in [2.24, 2.45) is 5.41 Å². The number of likely N-dealkylation sites (tertiary alicyclic amines) is 1. The third-order valence-electron chi connectivity index (χ3n) is 5.18. The van der Waals surface area contributed by atoms with Gasteiger partial charge in [-0.15, -0.1) is 24.8 Å². The molecule has 21 heavy (non-hydrogen) atoms. The standard InChI is InChI=1S/C16H23N3.2ClH/c1-2-13-4-7-18-15(13)14(3-1)10-19-9-6-16(12-19)5-8-17-11-16;;/h1-3,17-18H,4-12H2;2*1H. The average molecular weight is 330 g/mol. The van der Waals surface area contributed by atoms with Gasteiger partial charge in [-0.2, -0.15) is 0 Å². The van der Waals surface area contributed by atoms with Crippen molar-refractivity contribution in [3.63, 3.8) is 0 Å². The molecule has 1 aromatic carbocycles. The summed E-state index contributed by atoms with van der Waals surface area (Å²) in [4.78, 5) is 2.66. The maximum absolute atomic E-state index is 3.56. The first-order valence-electron chi connectivity index (χ1n) is 7.62. The van der Waals surface area contributed by atoms with Crippen LogP contribution in [0.5, 0.6) is 0 Å². The Morgan fingerprint density at radius 3 is 2.86 bits per heavy atom. The van der Waals surface area contributed by atoms with E-state index in [1.807, 2.05) is 0 Å². The number of para-hydroxylation sites is 1. The summed E-state index contributed by atoms with van der Waals surface area (Å²) >= 11 is 0. The third kappa shape index (κ3) is 3.16. The molecule has 0 aliphatic carbocycles. The lowest BCUT2D eigenvalue weighted by molar-refractivity contribution is 0.269. The fraction of sp³-hybridized carbons (Fsp3) is 0.625. The highest BCUT2D eigenvalue weighted by molar-refractivity contribution is 5.85. The molecule has 0 saturated carbocycles. The molecule has 5 heteroatoms. The van der Waals surface area contributed by atoms with Crippen LogP contribution in [-0.4, -0.2) is 37.6 Å². The van der Waals surface area contributed by atoms with Gasteiger partial charge >= 0.3 is 0 Å². The lowest BCUT2D eigenvalue weighted by atomic mass is 9.86. The van der Waals surface area contributed by atoms with Crippen LogP contribution in [0.2, 0.25) is 0 Å². The maximum atomic E-state index is 3.56. The summed E-state index contributed by atoms with van der Waals surface area (Å²) < 4.78 is 0. The number of benzene rings is 1. The smallest absolute Gasteiger partial charge is 0.0419 e. The van der Waals surface area contributed by atoms with Crippen molar-refractivity contribution in [1.82, 2.24) is 10.2 Å². The number of nitrogens with one attached hydrogen (secondary N) is 2. The summed E-state index contributed by atoms with van der Waals surface area (Å²) in [6, 6.07) is 6.80. The molecule has 1 spiro atoms. The van der Waals surface area contributed by atoms with Crippen LogP contribution in [-0.2, 0) is 13.0 Å². The Kier molecular flexibility index (Phi) is 5.42. The van der Waals surface area contributed by atoms with Crippen molar-refractivity contribution in [1.29, 1.82) is 0 Å². The van der Waals surface area contributed by atoms with E-state index in [0.717, 1.165) is 13.1 Å². The van der Waals surface area contributed by atoms with Gasteiger partial charge in [0.2, 0.25) is 0 Å². The summed E-state index contributed by atoms with van der Waals surface area (Å²) in [6.07, 6.45) is 3.94. The SMILES string of the molecule is Cl.Cl.c1cc2c(c(CN3CCC4(CCNC4)C3)c1)NCC2. The Morgan fingerprint density at radius 1 is 1.14 bits per heavy atom. The monoisotopic (exact) mass is 329 g/mol. The van der Waals surface area contributed by atoms with Crippen LogP contribution >= 0.6 is 24.8 Å². The molecule has 4 rings (SSSR count). The minimum absolute atomic E-state index is 0. The lowest BCUT2D eigenvalue weighted by Gasteiger charge is -2.23. The largest absolute Gasteiger partial charge is 0.384 e. The number of fused-ring (bicyclic) bond motifs is 1. The molecule has 3 aliphatic heterocycles. The van der Waals surface area contributed by atoms with Gasteiger partial charge < -0.3 is 10.6 Å². The lowest BCUT2D eigenvalue weighted by Crippen LogP contribution is -2.29. The van der Waals surface area contributed by atoms with Gasteiger partial charge in [-0.05, 0) is 48.9 Å². The number of nitrogens with zero attached hydrogens (tertiary/aromatic N) is 1. The zero-order valence-corrected chi connectivity index (χ0v) is 14.0. The normalized spacial score (nSPS) is 27.0. The molecule has 118 valence electrons. The van der Waals surface area contributed by atoms with Gasteiger partial charge in [-0.25, -0.2) is 0 Å². The van der Waals surface area contributed by atoms with E-state index in [9.17, 15) is 0 Å². The van der Waals surface area contributed by atoms with E-state index >= 15 is 0 Å². The molecule has 1 unspecified atom stereocenters. The van der Waals surface area contributed by atoms with E-state index in [2.05, 4.69) is 33.7 Å². The summed E-state index contributed by atoms with van der Waals surface area (Å²) in [6.45, 7) is 7.23. The van der Waals surface area contributed by atoms with E-state index < -0.39 is 0 Å². The van der Waals surface area contributed by atoms with Crippen molar-refractivity contribution in [2.75, 3.05) is 38.0 Å². The zero-order valence-electron chi connectivity index (χ0n) is 12.4. The Labute approximate surface area is 139 Å². The molecule has 0 bridgehead atoms. The summed E-state index contributed by atoms with van der Waals surface area (Å²) in [5.74, 6) is 0. The summed E-state index contributed by atoms with van der Waals surface area (Å²) in [5.41, 5.74) is 5.02. The van der Waals surface area contributed by atoms with Gasteiger partial charge in [-0.1, -0.05) is 18.2 Å². The van der Waals surface area contributed by atoms with E-state index in [-0.39, 0.29) is 24.8 Å². The molecule has 2 saturated heterocycles. The zero-order chi connectivity index (χ0) is 12.7. The highest BCUT2D eigenvalue weighted by Gasteiger charge is 2.40. The maximum Gasteiger partial charge on any atom is 0.0419 e. The Balaban J connectivity index is 0.000000807. The first kappa shape index (κ1) is 16.9. The summed E-state index contributed by atoms with van der Waals surface area (Å²) in [5, 5.41) is 7.11. The molecule has 1 atom stereocenters. The molecular formula is C16H25Cl2N3. The second-order valence-corrected chi connectivity index (χ2v) is 6.52. The number of rotatable bonds is 2. The van der Waals surface area contributed by atoms with Gasteiger partial charge in [0.05, 0.1) is 0 Å². The molecule has 2 fully saturated rings. The van der Waals surface area contributed by atoms with Crippen LogP contribution in [0.25, 0.3) is 0 Å². The molecule has 0 radical (unpaired) electrons. The first-order chi connectivity index (χ1) is 9.35. The van der Waals surface area contributed by atoms with Gasteiger partial charge in [0.15, 0.2) is 0 Å². The van der Waals surface area contributed by atoms with Crippen LogP contribution in [0.4, 0.5) is 5.69 Å². The van der Waals surface area contributed by atoms with Crippen LogP contribution in [0.15, 0.2) is 18.2 Å². The number of hydrogen-bond acceptors (Lipinski definition) is 3. The molecule has 2 N–H and O–H groups in total. The van der Waals surface area contributed by atoms with Crippen molar-refractivity contribution in [2.45, 2.75) is 25.8 Å². The fourth-order valence-electron chi connectivity index (χ4n) is 4.09.